The Morgan fingerprint density at radius 2 is 1.62 bits per heavy atom. The van der Waals surface area contributed by atoms with Gasteiger partial charge in [-0.05, 0) is 37.3 Å². The first-order valence-corrected chi connectivity index (χ1v) is 8.75. The first-order valence-electron chi connectivity index (χ1n) is 8.75. The Morgan fingerprint density at radius 3 is 2.25 bits per heavy atom. The summed E-state index contributed by atoms with van der Waals surface area (Å²) in [6, 6.07) is 20.2. The lowest BCUT2D eigenvalue weighted by Gasteiger charge is -2.20. The van der Waals surface area contributed by atoms with Crippen molar-refractivity contribution in [2.75, 3.05) is 0 Å². The van der Waals surface area contributed by atoms with E-state index in [-0.39, 0.29) is 18.2 Å². The molecule has 2 rings (SSSR count). The summed E-state index contributed by atoms with van der Waals surface area (Å²) in [5, 5.41) is 2.92. The number of hydrogen-bond acceptors (Lipinski definition) is 2. The number of ether oxygens (including phenoxy) is 1. The van der Waals surface area contributed by atoms with Gasteiger partial charge in [0.05, 0.1) is 6.04 Å². The predicted molar refractivity (Wildman–Crippen MR) is 97.9 cm³/mol. The fourth-order valence-electron chi connectivity index (χ4n) is 2.74. The molecule has 0 aromatic heterocycles. The van der Waals surface area contributed by atoms with Crippen LogP contribution in [0.25, 0.3) is 0 Å². The molecular weight excluding hydrogens is 298 g/mol. The van der Waals surface area contributed by atoms with Gasteiger partial charge in [-0.1, -0.05) is 74.0 Å². The third-order valence-electron chi connectivity index (χ3n) is 4.12. The third-order valence-corrected chi connectivity index (χ3v) is 4.12. The van der Waals surface area contributed by atoms with E-state index in [1.165, 1.54) is 5.56 Å². The molecule has 0 bridgehead atoms. The average Bonchev–Trinajstić information content (AvgIpc) is 2.61. The highest BCUT2D eigenvalue weighted by molar-refractivity contribution is 5.68. The van der Waals surface area contributed by atoms with E-state index in [1.807, 2.05) is 55.5 Å². The Hall–Kier alpha value is -2.29. The van der Waals surface area contributed by atoms with E-state index in [0.717, 1.165) is 31.2 Å². The number of nitrogens with one attached hydrogen (secondary N) is 1. The van der Waals surface area contributed by atoms with Crippen molar-refractivity contribution >= 4 is 6.09 Å². The topological polar surface area (TPSA) is 38.3 Å². The van der Waals surface area contributed by atoms with Crippen molar-refractivity contribution in [2.24, 2.45) is 0 Å². The van der Waals surface area contributed by atoms with E-state index < -0.39 is 0 Å². The van der Waals surface area contributed by atoms with Crippen LogP contribution in [-0.4, -0.2) is 12.2 Å². The molecule has 0 saturated heterocycles. The summed E-state index contributed by atoms with van der Waals surface area (Å²) in [5.41, 5.74) is 2.35. The molecule has 2 atom stereocenters. The van der Waals surface area contributed by atoms with Crippen molar-refractivity contribution < 1.29 is 9.53 Å². The minimum absolute atomic E-state index is 0.0434. The number of benzene rings is 2. The van der Waals surface area contributed by atoms with Gasteiger partial charge >= 0.3 is 6.09 Å². The summed E-state index contributed by atoms with van der Waals surface area (Å²) in [4.78, 5) is 12.2. The molecule has 0 spiro atoms. The van der Waals surface area contributed by atoms with E-state index in [4.69, 9.17) is 4.74 Å². The Morgan fingerprint density at radius 1 is 1.00 bits per heavy atom. The predicted octanol–water partition coefficient (Wildman–Crippen LogP) is 5.28. The molecular formula is C21H27NO2. The van der Waals surface area contributed by atoms with Crippen LogP contribution in [0.15, 0.2) is 60.7 Å². The van der Waals surface area contributed by atoms with E-state index >= 15 is 0 Å². The largest absolute Gasteiger partial charge is 0.446 e. The maximum absolute atomic E-state index is 12.2. The van der Waals surface area contributed by atoms with Gasteiger partial charge in [0.25, 0.3) is 0 Å². The zero-order valence-electron chi connectivity index (χ0n) is 14.6. The van der Waals surface area contributed by atoms with Crippen LogP contribution in [0.4, 0.5) is 4.79 Å². The molecule has 0 unspecified atom stereocenters. The van der Waals surface area contributed by atoms with Gasteiger partial charge < -0.3 is 10.1 Å². The molecule has 0 aliphatic heterocycles. The molecule has 1 amide bonds. The standard InChI is InChI=1S/C21H27NO2/c1-3-10-20(16-15-18-11-6-4-7-12-18)24-21(23)22-17(2)19-13-8-5-9-14-19/h4-9,11-14,17,20H,3,10,15-16H2,1-2H3,(H,22,23)/t17-,20+/m0/s1. The molecule has 1 N–H and O–H groups in total. The van der Waals surface area contributed by atoms with Gasteiger partial charge in [0.15, 0.2) is 0 Å². The highest BCUT2D eigenvalue weighted by atomic mass is 16.6. The van der Waals surface area contributed by atoms with E-state index in [2.05, 4.69) is 24.4 Å². The van der Waals surface area contributed by atoms with E-state index in [0.29, 0.717) is 0 Å². The normalized spacial score (nSPS) is 13.1. The van der Waals surface area contributed by atoms with Crippen molar-refractivity contribution in [1.82, 2.24) is 5.32 Å². The number of rotatable bonds is 8. The van der Waals surface area contributed by atoms with Crippen LogP contribution in [0.3, 0.4) is 0 Å². The minimum atomic E-state index is -0.335. The van der Waals surface area contributed by atoms with Crippen LogP contribution in [-0.2, 0) is 11.2 Å². The number of aryl methyl sites for hydroxylation is 1. The van der Waals surface area contributed by atoms with Crippen LogP contribution in [0.5, 0.6) is 0 Å². The van der Waals surface area contributed by atoms with Gasteiger partial charge in [-0.15, -0.1) is 0 Å². The Balaban J connectivity index is 1.83. The number of alkyl carbamates (subject to hydrolysis) is 1. The fourth-order valence-corrected chi connectivity index (χ4v) is 2.74. The molecule has 0 aliphatic rings. The maximum atomic E-state index is 12.2. The smallest absolute Gasteiger partial charge is 0.407 e. The van der Waals surface area contributed by atoms with Gasteiger partial charge in [0.1, 0.15) is 6.10 Å². The quantitative estimate of drug-likeness (QED) is 0.717. The zero-order chi connectivity index (χ0) is 17.2. The maximum Gasteiger partial charge on any atom is 0.407 e. The molecule has 3 heteroatoms. The second-order valence-electron chi connectivity index (χ2n) is 6.12. The van der Waals surface area contributed by atoms with Crippen molar-refractivity contribution in [3.05, 3.63) is 71.8 Å². The second kappa shape index (κ2) is 9.76. The second-order valence-corrected chi connectivity index (χ2v) is 6.12. The van der Waals surface area contributed by atoms with Crippen LogP contribution in [0.1, 0.15) is 50.3 Å². The average molecular weight is 325 g/mol. The highest BCUT2D eigenvalue weighted by Crippen LogP contribution is 2.15. The Kier molecular flexibility index (Phi) is 7.34. The van der Waals surface area contributed by atoms with Crippen LogP contribution < -0.4 is 5.32 Å². The van der Waals surface area contributed by atoms with Gasteiger partial charge in [0, 0.05) is 0 Å². The monoisotopic (exact) mass is 325 g/mol. The third kappa shape index (κ3) is 6.07. The van der Waals surface area contributed by atoms with Crippen molar-refractivity contribution in [1.29, 1.82) is 0 Å². The number of carbonyl (C=O) groups is 1. The van der Waals surface area contributed by atoms with Gasteiger partial charge in [-0.25, -0.2) is 4.79 Å². The molecule has 0 fully saturated rings. The molecule has 0 saturated carbocycles. The Bertz CT molecular complexity index is 598. The van der Waals surface area contributed by atoms with Crippen molar-refractivity contribution in [3.8, 4) is 0 Å². The van der Waals surface area contributed by atoms with Crippen LogP contribution in [0, 0.1) is 0 Å². The first-order chi connectivity index (χ1) is 11.7. The lowest BCUT2D eigenvalue weighted by Crippen LogP contribution is -2.31. The molecule has 0 heterocycles. The molecule has 0 radical (unpaired) electrons. The lowest BCUT2D eigenvalue weighted by atomic mass is 10.0. The highest BCUT2D eigenvalue weighted by Gasteiger charge is 2.16. The SMILES string of the molecule is CCC[C@H](CCc1ccccc1)OC(=O)N[C@@H](C)c1ccccc1. The van der Waals surface area contributed by atoms with Crippen molar-refractivity contribution in [2.45, 2.75) is 51.7 Å². The molecule has 2 aromatic carbocycles. The Labute approximate surface area is 145 Å². The van der Waals surface area contributed by atoms with Crippen LogP contribution in [0.2, 0.25) is 0 Å². The molecule has 3 nitrogen and oxygen atoms in total. The van der Waals surface area contributed by atoms with Gasteiger partial charge in [0.2, 0.25) is 0 Å². The summed E-state index contributed by atoms with van der Waals surface area (Å²) in [6.07, 6.45) is 3.29. The van der Waals surface area contributed by atoms with E-state index in [1.54, 1.807) is 0 Å². The molecule has 128 valence electrons. The van der Waals surface area contributed by atoms with Crippen molar-refractivity contribution in [3.63, 3.8) is 0 Å². The summed E-state index contributed by atoms with van der Waals surface area (Å²) in [7, 11) is 0. The van der Waals surface area contributed by atoms with Gasteiger partial charge in [-0.3, -0.25) is 0 Å². The fraction of sp³-hybridized carbons (Fsp3) is 0.381. The number of hydrogen-bond donors (Lipinski definition) is 1. The molecule has 24 heavy (non-hydrogen) atoms. The lowest BCUT2D eigenvalue weighted by molar-refractivity contribution is 0.0849. The number of carbonyl (C=O) groups excluding carboxylic acids is 1. The summed E-state index contributed by atoms with van der Waals surface area (Å²) < 4.78 is 5.65. The summed E-state index contributed by atoms with van der Waals surface area (Å²) in [5.74, 6) is 0. The number of amides is 1. The van der Waals surface area contributed by atoms with E-state index in [9.17, 15) is 4.79 Å². The summed E-state index contributed by atoms with van der Waals surface area (Å²) >= 11 is 0. The summed E-state index contributed by atoms with van der Waals surface area (Å²) in [6.45, 7) is 4.08. The molecule has 2 aromatic rings. The zero-order valence-corrected chi connectivity index (χ0v) is 14.6. The minimum Gasteiger partial charge on any atom is -0.446 e. The van der Waals surface area contributed by atoms with Gasteiger partial charge in [-0.2, -0.15) is 0 Å². The van der Waals surface area contributed by atoms with Crippen LogP contribution >= 0.6 is 0 Å². The molecule has 0 aliphatic carbocycles. The first kappa shape index (κ1) is 18.1.